The van der Waals surface area contributed by atoms with Gasteiger partial charge in [0.1, 0.15) is 18.3 Å². The summed E-state index contributed by atoms with van der Waals surface area (Å²) in [6.07, 6.45) is 3.93. The minimum atomic E-state index is -0.341. The summed E-state index contributed by atoms with van der Waals surface area (Å²) in [5, 5.41) is 0. The number of hydrogen-bond donors (Lipinski definition) is 0. The average molecular weight is 308 g/mol. The summed E-state index contributed by atoms with van der Waals surface area (Å²) in [4.78, 5) is 23.6. The van der Waals surface area contributed by atoms with Crippen LogP contribution in [0, 0.1) is 11.8 Å². The van der Waals surface area contributed by atoms with Crippen LogP contribution in [0.3, 0.4) is 0 Å². The minimum Gasteiger partial charge on any atom is -0.462 e. The van der Waals surface area contributed by atoms with Crippen LogP contribution in [0.1, 0.15) is 47.0 Å². The van der Waals surface area contributed by atoms with Gasteiger partial charge >= 0.3 is 11.9 Å². The Balaban J connectivity index is 1.94. The fraction of sp³-hybridized carbons (Fsp3) is 0.765. The zero-order chi connectivity index (χ0) is 16.1. The summed E-state index contributed by atoms with van der Waals surface area (Å²) < 4.78 is 17.0. The third-order valence-electron chi connectivity index (χ3n) is 5.22. The normalized spacial score (nSPS) is 44.3. The van der Waals surface area contributed by atoms with Crippen molar-refractivity contribution in [2.45, 2.75) is 70.9 Å². The van der Waals surface area contributed by atoms with Gasteiger partial charge in [0.15, 0.2) is 0 Å². The molecule has 2 aliphatic heterocycles. The molecular formula is C17H24O5. The lowest BCUT2D eigenvalue weighted by atomic mass is 9.79. The molecule has 122 valence electrons. The number of ether oxygens (including phenoxy) is 3. The van der Waals surface area contributed by atoms with Crippen LogP contribution in [-0.4, -0.2) is 35.9 Å². The Hall–Kier alpha value is -1.36. The van der Waals surface area contributed by atoms with Crippen LogP contribution in [0.15, 0.2) is 11.6 Å². The lowest BCUT2D eigenvalue weighted by molar-refractivity contribution is -0.151. The number of epoxide rings is 1. The van der Waals surface area contributed by atoms with E-state index >= 15 is 0 Å². The molecule has 3 aliphatic rings. The fourth-order valence-corrected chi connectivity index (χ4v) is 3.91. The van der Waals surface area contributed by atoms with E-state index in [-0.39, 0.29) is 47.7 Å². The first kappa shape index (κ1) is 15.5. The number of carbonyl (C=O) groups is 2. The van der Waals surface area contributed by atoms with Crippen LogP contribution in [0.25, 0.3) is 0 Å². The van der Waals surface area contributed by atoms with E-state index in [4.69, 9.17) is 14.2 Å². The van der Waals surface area contributed by atoms with Crippen LogP contribution < -0.4 is 0 Å². The van der Waals surface area contributed by atoms with Crippen molar-refractivity contribution in [1.82, 2.24) is 0 Å². The SMILES string of the molecule is CC(=O)O[C@H]1CC(C)=CCC[C@@]2(C)O[C@H]2[C@H]2OC(=O)[C@@H](C)[C@@H]21. The van der Waals surface area contributed by atoms with Crippen LogP contribution in [0.4, 0.5) is 0 Å². The van der Waals surface area contributed by atoms with Crippen molar-refractivity contribution in [2.75, 3.05) is 0 Å². The van der Waals surface area contributed by atoms with E-state index in [9.17, 15) is 9.59 Å². The summed E-state index contributed by atoms with van der Waals surface area (Å²) in [6.45, 7) is 7.38. The zero-order valence-electron chi connectivity index (χ0n) is 13.6. The first-order valence-electron chi connectivity index (χ1n) is 8.03. The minimum absolute atomic E-state index is 0.0868. The highest BCUT2D eigenvalue weighted by Gasteiger charge is 2.63. The van der Waals surface area contributed by atoms with Gasteiger partial charge in [0.2, 0.25) is 0 Å². The van der Waals surface area contributed by atoms with E-state index in [1.54, 1.807) is 0 Å². The van der Waals surface area contributed by atoms with E-state index < -0.39 is 0 Å². The molecule has 0 spiro atoms. The molecule has 2 fully saturated rings. The second-order valence-electron chi connectivity index (χ2n) is 7.06. The summed E-state index contributed by atoms with van der Waals surface area (Å²) in [5.74, 6) is -0.967. The summed E-state index contributed by atoms with van der Waals surface area (Å²) >= 11 is 0. The Morgan fingerprint density at radius 1 is 1.45 bits per heavy atom. The molecule has 0 N–H and O–H groups in total. The van der Waals surface area contributed by atoms with Gasteiger partial charge in [0.05, 0.1) is 11.5 Å². The predicted molar refractivity (Wildman–Crippen MR) is 79.0 cm³/mol. The first-order valence-corrected chi connectivity index (χ1v) is 8.03. The van der Waals surface area contributed by atoms with E-state index in [2.05, 4.69) is 13.0 Å². The van der Waals surface area contributed by atoms with Gasteiger partial charge in [-0.05, 0) is 26.7 Å². The van der Waals surface area contributed by atoms with Gasteiger partial charge < -0.3 is 14.2 Å². The maximum atomic E-state index is 12.1. The number of esters is 2. The van der Waals surface area contributed by atoms with Crippen LogP contribution >= 0.6 is 0 Å². The van der Waals surface area contributed by atoms with Crippen molar-refractivity contribution in [3.8, 4) is 0 Å². The molecule has 0 aromatic rings. The summed E-state index contributed by atoms with van der Waals surface area (Å²) in [5.41, 5.74) is 0.946. The van der Waals surface area contributed by atoms with Gasteiger partial charge in [0, 0.05) is 19.3 Å². The molecule has 0 saturated carbocycles. The molecule has 1 aliphatic carbocycles. The topological polar surface area (TPSA) is 65.1 Å². The Morgan fingerprint density at radius 3 is 2.86 bits per heavy atom. The second-order valence-corrected chi connectivity index (χ2v) is 7.06. The zero-order valence-corrected chi connectivity index (χ0v) is 13.6. The molecule has 3 rings (SSSR count). The number of carbonyl (C=O) groups excluding carboxylic acids is 2. The number of hydrogen-bond acceptors (Lipinski definition) is 5. The summed E-state index contributed by atoms with van der Waals surface area (Å²) in [7, 11) is 0. The van der Waals surface area contributed by atoms with Gasteiger partial charge in [-0.3, -0.25) is 9.59 Å². The molecule has 6 atom stereocenters. The quantitative estimate of drug-likeness (QED) is 0.423. The Morgan fingerprint density at radius 2 is 2.18 bits per heavy atom. The molecule has 5 heteroatoms. The average Bonchev–Trinajstić information content (AvgIpc) is 2.98. The maximum absolute atomic E-state index is 12.1. The lowest BCUT2D eigenvalue weighted by Crippen LogP contribution is -2.39. The maximum Gasteiger partial charge on any atom is 0.309 e. The molecule has 5 nitrogen and oxygen atoms in total. The summed E-state index contributed by atoms with van der Waals surface area (Å²) in [6, 6.07) is 0. The molecule has 0 amide bonds. The lowest BCUT2D eigenvalue weighted by Gasteiger charge is -2.29. The molecule has 0 aromatic carbocycles. The Kier molecular flexibility index (Phi) is 3.79. The highest BCUT2D eigenvalue weighted by molar-refractivity contribution is 5.75. The predicted octanol–water partition coefficient (Wildman–Crippen LogP) is 2.38. The van der Waals surface area contributed by atoms with E-state index in [0.717, 1.165) is 12.8 Å². The highest BCUT2D eigenvalue weighted by atomic mass is 16.6. The van der Waals surface area contributed by atoms with Gasteiger partial charge in [-0.25, -0.2) is 0 Å². The van der Waals surface area contributed by atoms with Crippen LogP contribution in [0.5, 0.6) is 0 Å². The molecule has 2 saturated heterocycles. The number of rotatable bonds is 1. The molecule has 0 radical (unpaired) electrons. The van der Waals surface area contributed by atoms with Crippen molar-refractivity contribution in [2.24, 2.45) is 11.8 Å². The fourth-order valence-electron chi connectivity index (χ4n) is 3.91. The molecule has 2 heterocycles. The monoisotopic (exact) mass is 308 g/mol. The van der Waals surface area contributed by atoms with Crippen LogP contribution in [-0.2, 0) is 23.8 Å². The van der Waals surface area contributed by atoms with Crippen molar-refractivity contribution in [3.63, 3.8) is 0 Å². The van der Waals surface area contributed by atoms with E-state index in [0.29, 0.717) is 6.42 Å². The third kappa shape index (κ3) is 2.67. The van der Waals surface area contributed by atoms with Crippen molar-refractivity contribution in [3.05, 3.63) is 11.6 Å². The van der Waals surface area contributed by atoms with Gasteiger partial charge in [-0.2, -0.15) is 0 Å². The third-order valence-corrected chi connectivity index (χ3v) is 5.22. The molecular weight excluding hydrogens is 284 g/mol. The second kappa shape index (κ2) is 5.37. The van der Waals surface area contributed by atoms with Crippen LogP contribution in [0.2, 0.25) is 0 Å². The van der Waals surface area contributed by atoms with E-state index in [1.807, 2.05) is 13.8 Å². The standard InChI is InChI=1S/C17H24O5/c1-9-6-5-7-17(4)15(22-17)14-13(10(2)16(19)21-14)12(8-9)20-11(3)18/h6,10,12-15H,5,7-8H2,1-4H3/t10-,12-,13+,14-,15-,17+/m0/s1. The van der Waals surface area contributed by atoms with Crippen molar-refractivity contribution < 1.29 is 23.8 Å². The number of fused-ring (bicyclic) bond motifs is 3. The molecule has 0 aromatic heterocycles. The van der Waals surface area contributed by atoms with Gasteiger partial charge in [-0.1, -0.05) is 18.6 Å². The first-order chi connectivity index (χ1) is 10.3. The Labute approximate surface area is 131 Å². The highest BCUT2D eigenvalue weighted by Crippen LogP contribution is 2.50. The Bertz CT molecular complexity index is 525. The van der Waals surface area contributed by atoms with Crippen molar-refractivity contribution in [1.29, 1.82) is 0 Å². The molecule has 0 unspecified atom stereocenters. The number of allylic oxidation sites excluding steroid dienone is 1. The smallest absolute Gasteiger partial charge is 0.309 e. The molecule has 0 bridgehead atoms. The van der Waals surface area contributed by atoms with Gasteiger partial charge in [-0.15, -0.1) is 0 Å². The van der Waals surface area contributed by atoms with Gasteiger partial charge in [0.25, 0.3) is 0 Å². The largest absolute Gasteiger partial charge is 0.462 e. The van der Waals surface area contributed by atoms with Crippen molar-refractivity contribution >= 4 is 11.9 Å². The van der Waals surface area contributed by atoms with E-state index in [1.165, 1.54) is 12.5 Å². The molecule has 22 heavy (non-hydrogen) atoms.